The van der Waals surface area contributed by atoms with E-state index in [-0.39, 0.29) is 12.5 Å². The van der Waals surface area contributed by atoms with Crippen LogP contribution in [0.4, 0.5) is 5.82 Å². The van der Waals surface area contributed by atoms with E-state index in [1.165, 1.54) is 38.3 Å². The van der Waals surface area contributed by atoms with Gasteiger partial charge in [0.05, 0.1) is 6.54 Å². The molecule has 0 aliphatic heterocycles. The van der Waals surface area contributed by atoms with E-state index in [4.69, 9.17) is 0 Å². The lowest BCUT2D eigenvalue weighted by Gasteiger charge is -2.77. The molecule has 6 fully saturated rings. The molecule has 3 N–H and O–H groups in total. The van der Waals surface area contributed by atoms with Gasteiger partial charge in [-0.25, -0.2) is 4.79 Å². The minimum absolute atomic E-state index is 0.0111. The molecular weight excluding hydrogens is 292 g/mol. The fraction of sp³-hybridized carbons (Fsp3) is 0.706. The lowest BCUT2D eigenvalue weighted by atomic mass is 9.28. The number of nitrogens with zero attached hydrogens (tertiary/aromatic N) is 1. The number of carbonyl (C=O) groups excluding carboxylic acids is 1. The molecule has 23 heavy (non-hydrogen) atoms. The van der Waals surface area contributed by atoms with Crippen LogP contribution in [0.1, 0.15) is 32.1 Å². The van der Waals surface area contributed by atoms with E-state index in [9.17, 15) is 9.59 Å². The highest BCUT2D eigenvalue weighted by molar-refractivity contribution is 5.81. The van der Waals surface area contributed by atoms with Crippen molar-refractivity contribution in [2.45, 2.75) is 38.1 Å². The van der Waals surface area contributed by atoms with Gasteiger partial charge in [-0.3, -0.25) is 4.79 Å². The van der Waals surface area contributed by atoms with Crippen molar-refractivity contribution in [2.24, 2.45) is 29.1 Å². The fourth-order valence-corrected chi connectivity index (χ4v) is 6.44. The molecule has 6 aliphatic rings. The first-order chi connectivity index (χ1) is 11.2. The second-order valence-corrected chi connectivity index (χ2v) is 7.89. The number of rotatable bonds is 4. The van der Waals surface area contributed by atoms with Gasteiger partial charge >= 0.3 is 5.69 Å². The summed E-state index contributed by atoms with van der Waals surface area (Å²) in [7, 11) is 0. The van der Waals surface area contributed by atoms with Crippen LogP contribution in [0.25, 0.3) is 0 Å². The third-order valence-corrected chi connectivity index (χ3v) is 7.10. The minimum atomic E-state index is -0.407. The van der Waals surface area contributed by atoms with Crippen LogP contribution < -0.4 is 16.3 Å². The molecule has 1 spiro atoms. The number of anilines is 1. The molecule has 6 nitrogen and oxygen atoms in total. The summed E-state index contributed by atoms with van der Waals surface area (Å²) in [5.74, 6) is 4.03. The van der Waals surface area contributed by atoms with Crippen LogP contribution >= 0.6 is 0 Å². The average Bonchev–Trinajstić information content (AvgIpc) is 2.51. The highest BCUT2D eigenvalue weighted by Gasteiger charge is 2.73. The van der Waals surface area contributed by atoms with E-state index in [0.29, 0.717) is 17.3 Å². The SMILES string of the molecule is O=C(CNc1cc[nH]c(=O)n1)NC1CC2CC3CC4CC(C3)C421. The number of aromatic amines is 1. The molecule has 6 saturated carbocycles. The van der Waals surface area contributed by atoms with Gasteiger partial charge in [-0.05, 0) is 67.3 Å². The molecule has 0 radical (unpaired) electrons. The molecule has 0 saturated heterocycles. The van der Waals surface area contributed by atoms with E-state index in [0.717, 1.165) is 23.7 Å². The van der Waals surface area contributed by atoms with Crippen molar-refractivity contribution < 1.29 is 4.79 Å². The van der Waals surface area contributed by atoms with E-state index in [1.807, 2.05) is 0 Å². The summed E-state index contributed by atoms with van der Waals surface area (Å²) >= 11 is 0. The summed E-state index contributed by atoms with van der Waals surface area (Å²) in [6.45, 7) is 0.172. The fourth-order valence-electron chi connectivity index (χ4n) is 6.44. The maximum Gasteiger partial charge on any atom is 0.346 e. The number of amides is 1. The molecular formula is C17H22N4O2. The number of nitrogens with one attached hydrogen (secondary N) is 3. The summed E-state index contributed by atoms with van der Waals surface area (Å²) in [5, 5.41) is 6.19. The monoisotopic (exact) mass is 314 g/mol. The van der Waals surface area contributed by atoms with Gasteiger partial charge in [0.25, 0.3) is 0 Å². The van der Waals surface area contributed by atoms with E-state index in [1.54, 1.807) is 6.07 Å². The Bertz CT molecular complexity index is 689. The van der Waals surface area contributed by atoms with Gasteiger partial charge in [0.2, 0.25) is 5.91 Å². The highest BCUT2D eigenvalue weighted by atomic mass is 16.2. The molecule has 4 unspecified atom stereocenters. The Kier molecular flexibility index (Phi) is 2.71. The number of H-pyrrole nitrogens is 1. The van der Waals surface area contributed by atoms with Crippen molar-refractivity contribution in [2.75, 3.05) is 11.9 Å². The minimum Gasteiger partial charge on any atom is -0.361 e. The zero-order chi connectivity index (χ0) is 15.6. The summed E-state index contributed by atoms with van der Waals surface area (Å²) in [5.41, 5.74) is 0.0437. The van der Waals surface area contributed by atoms with Crippen LogP contribution in [-0.4, -0.2) is 28.5 Å². The standard InChI is InChI=1S/C17H22N4O2/c22-15(8-19-14-1-2-18-16(23)21-14)20-13-7-12-5-9-3-10-6-11(4-9)17(10,12)13/h1-2,9-13H,3-8H2,(H,20,22)(H2,18,19,21,23). The molecule has 1 amide bonds. The van der Waals surface area contributed by atoms with Crippen LogP contribution in [0.5, 0.6) is 0 Å². The van der Waals surface area contributed by atoms with Gasteiger partial charge in [-0.15, -0.1) is 0 Å². The van der Waals surface area contributed by atoms with Gasteiger partial charge in [0.1, 0.15) is 5.82 Å². The third kappa shape index (κ3) is 1.78. The number of carbonyl (C=O) groups is 1. The second kappa shape index (κ2) is 4.58. The molecule has 122 valence electrons. The summed E-state index contributed by atoms with van der Waals surface area (Å²) in [6.07, 6.45) is 8.28. The summed E-state index contributed by atoms with van der Waals surface area (Å²) in [4.78, 5) is 29.7. The summed E-state index contributed by atoms with van der Waals surface area (Å²) in [6, 6.07) is 2.03. The second-order valence-electron chi connectivity index (χ2n) is 7.89. The van der Waals surface area contributed by atoms with Crippen LogP contribution in [0.3, 0.4) is 0 Å². The van der Waals surface area contributed by atoms with Gasteiger partial charge in [0, 0.05) is 12.2 Å². The maximum atomic E-state index is 12.3. The zero-order valence-electron chi connectivity index (χ0n) is 13.0. The molecule has 4 bridgehead atoms. The Balaban J connectivity index is 1.22. The molecule has 1 heterocycles. The van der Waals surface area contributed by atoms with Crippen LogP contribution in [-0.2, 0) is 4.79 Å². The predicted molar refractivity (Wildman–Crippen MR) is 84.8 cm³/mol. The predicted octanol–water partition coefficient (Wildman–Crippen LogP) is 1.12. The van der Waals surface area contributed by atoms with Crippen molar-refractivity contribution in [1.29, 1.82) is 0 Å². The molecule has 7 rings (SSSR count). The lowest BCUT2D eigenvalue weighted by molar-refractivity contribution is -0.272. The zero-order valence-corrected chi connectivity index (χ0v) is 13.0. The Hall–Kier alpha value is -1.85. The Morgan fingerprint density at radius 3 is 2.65 bits per heavy atom. The quantitative estimate of drug-likeness (QED) is 0.777. The molecule has 6 aliphatic carbocycles. The first-order valence-corrected chi connectivity index (χ1v) is 8.75. The Labute approximate surface area is 134 Å². The van der Waals surface area contributed by atoms with Gasteiger partial charge in [-0.1, -0.05) is 0 Å². The molecule has 0 aromatic carbocycles. The summed E-state index contributed by atoms with van der Waals surface area (Å²) < 4.78 is 0. The van der Waals surface area contributed by atoms with Crippen LogP contribution in [0.15, 0.2) is 17.1 Å². The lowest BCUT2D eigenvalue weighted by Crippen LogP contribution is -2.77. The van der Waals surface area contributed by atoms with Crippen molar-refractivity contribution in [1.82, 2.24) is 15.3 Å². The van der Waals surface area contributed by atoms with Crippen molar-refractivity contribution in [3.8, 4) is 0 Å². The number of hydrogen-bond acceptors (Lipinski definition) is 4. The average molecular weight is 314 g/mol. The van der Waals surface area contributed by atoms with Gasteiger partial charge < -0.3 is 15.6 Å². The van der Waals surface area contributed by atoms with E-state index >= 15 is 0 Å². The number of hydrogen-bond donors (Lipinski definition) is 3. The van der Waals surface area contributed by atoms with Crippen molar-refractivity contribution >= 4 is 11.7 Å². The largest absolute Gasteiger partial charge is 0.361 e. The molecule has 1 aromatic heterocycles. The highest BCUT2D eigenvalue weighted by Crippen LogP contribution is 2.77. The van der Waals surface area contributed by atoms with Gasteiger partial charge in [-0.2, -0.15) is 4.98 Å². The topological polar surface area (TPSA) is 86.9 Å². The number of aromatic nitrogens is 2. The van der Waals surface area contributed by atoms with Crippen LogP contribution in [0, 0.1) is 29.1 Å². The van der Waals surface area contributed by atoms with Crippen molar-refractivity contribution in [3.05, 3.63) is 22.7 Å². The smallest absolute Gasteiger partial charge is 0.346 e. The Morgan fingerprint density at radius 1 is 1.22 bits per heavy atom. The van der Waals surface area contributed by atoms with Gasteiger partial charge in [0.15, 0.2) is 0 Å². The first-order valence-electron chi connectivity index (χ1n) is 8.75. The molecule has 4 atom stereocenters. The third-order valence-electron chi connectivity index (χ3n) is 7.10. The molecule has 6 heteroatoms. The molecule has 1 aromatic rings. The van der Waals surface area contributed by atoms with Crippen molar-refractivity contribution in [3.63, 3.8) is 0 Å². The van der Waals surface area contributed by atoms with E-state index < -0.39 is 5.69 Å². The van der Waals surface area contributed by atoms with Crippen LogP contribution in [0.2, 0.25) is 0 Å². The maximum absolute atomic E-state index is 12.3. The first kappa shape index (κ1) is 13.6. The Morgan fingerprint density at radius 2 is 1.96 bits per heavy atom. The van der Waals surface area contributed by atoms with E-state index in [2.05, 4.69) is 20.6 Å². The normalized spacial score (nSPS) is 42.2.